The molecule has 0 saturated heterocycles. The first kappa shape index (κ1) is 11.9. The molecule has 1 atom stereocenters. The molecule has 2 aromatic rings. The molecule has 0 aliphatic rings. The predicted molar refractivity (Wildman–Crippen MR) is 67.1 cm³/mol. The molecule has 1 N–H and O–H groups in total. The van der Waals surface area contributed by atoms with Crippen LogP contribution in [0.2, 0.25) is 0 Å². The maximum atomic E-state index is 10.6. The average molecular weight is 248 g/mol. The molecule has 5 heteroatoms. The molecule has 0 bridgehead atoms. The lowest BCUT2D eigenvalue weighted by atomic mass is 10.2. The molecule has 0 aliphatic heterocycles. The van der Waals surface area contributed by atoms with Crippen LogP contribution in [-0.2, 0) is 4.79 Å². The third kappa shape index (κ3) is 2.94. The molecule has 1 unspecified atom stereocenters. The van der Waals surface area contributed by atoms with Gasteiger partial charge in [-0.2, -0.15) is 0 Å². The number of thioether (sulfide) groups is 1. The zero-order valence-corrected chi connectivity index (χ0v) is 10.1. The van der Waals surface area contributed by atoms with Gasteiger partial charge in [0.15, 0.2) is 0 Å². The van der Waals surface area contributed by atoms with E-state index in [2.05, 4.69) is 9.97 Å². The number of fused-ring (bicyclic) bond motifs is 1. The van der Waals surface area contributed by atoms with Crippen LogP contribution in [0.5, 0.6) is 0 Å². The molecule has 1 heterocycles. The van der Waals surface area contributed by atoms with Crippen LogP contribution in [0, 0.1) is 0 Å². The number of rotatable bonds is 4. The molecule has 0 amide bonds. The van der Waals surface area contributed by atoms with Gasteiger partial charge in [-0.15, -0.1) is 11.8 Å². The molecule has 17 heavy (non-hydrogen) atoms. The fourth-order valence-corrected chi connectivity index (χ4v) is 2.57. The molecule has 0 saturated carbocycles. The van der Waals surface area contributed by atoms with Gasteiger partial charge < -0.3 is 5.11 Å². The highest BCUT2D eigenvalue weighted by Gasteiger charge is 2.12. The van der Waals surface area contributed by atoms with Crippen LogP contribution in [0.3, 0.4) is 0 Å². The number of nitrogens with zero attached hydrogens (tertiary/aromatic N) is 2. The van der Waals surface area contributed by atoms with Gasteiger partial charge in [0, 0.05) is 10.6 Å². The van der Waals surface area contributed by atoms with E-state index in [9.17, 15) is 4.79 Å². The lowest BCUT2D eigenvalue weighted by molar-refractivity contribution is -0.136. The number of carbonyl (C=O) groups is 1. The fourth-order valence-electron chi connectivity index (χ4n) is 1.55. The first-order valence-electron chi connectivity index (χ1n) is 5.25. The Labute approximate surface area is 103 Å². The SMILES string of the molecule is CC(CC(=O)O)Sc1ncnc2ccccc12. The summed E-state index contributed by atoms with van der Waals surface area (Å²) in [5, 5.41) is 10.5. The number of aliphatic carboxylic acids is 1. The topological polar surface area (TPSA) is 63.1 Å². The van der Waals surface area contributed by atoms with Crippen molar-refractivity contribution in [2.45, 2.75) is 23.6 Å². The maximum absolute atomic E-state index is 10.6. The van der Waals surface area contributed by atoms with Crippen LogP contribution in [0.4, 0.5) is 0 Å². The molecule has 2 rings (SSSR count). The largest absolute Gasteiger partial charge is 0.481 e. The van der Waals surface area contributed by atoms with Crippen LogP contribution >= 0.6 is 11.8 Å². The van der Waals surface area contributed by atoms with Crippen molar-refractivity contribution in [1.82, 2.24) is 9.97 Å². The van der Waals surface area contributed by atoms with E-state index >= 15 is 0 Å². The minimum Gasteiger partial charge on any atom is -0.481 e. The average Bonchev–Trinajstić information content (AvgIpc) is 2.28. The Balaban J connectivity index is 2.26. The Morgan fingerprint density at radius 3 is 2.94 bits per heavy atom. The first-order valence-corrected chi connectivity index (χ1v) is 6.13. The normalized spacial score (nSPS) is 12.5. The van der Waals surface area contributed by atoms with Crippen LogP contribution in [0.15, 0.2) is 35.6 Å². The van der Waals surface area contributed by atoms with Crippen molar-refractivity contribution < 1.29 is 9.90 Å². The summed E-state index contributed by atoms with van der Waals surface area (Å²) in [5.74, 6) is -0.789. The summed E-state index contributed by atoms with van der Waals surface area (Å²) >= 11 is 1.47. The maximum Gasteiger partial charge on any atom is 0.304 e. The standard InChI is InChI=1S/C12H12N2O2S/c1-8(6-11(15)16)17-12-9-4-2-3-5-10(9)13-7-14-12/h2-5,7-8H,6H2,1H3,(H,15,16). The van der Waals surface area contributed by atoms with E-state index in [-0.39, 0.29) is 11.7 Å². The van der Waals surface area contributed by atoms with Crippen molar-refractivity contribution in [2.75, 3.05) is 0 Å². The van der Waals surface area contributed by atoms with E-state index in [1.807, 2.05) is 31.2 Å². The highest BCUT2D eigenvalue weighted by atomic mass is 32.2. The van der Waals surface area contributed by atoms with Gasteiger partial charge >= 0.3 is 5.97 Å². The van der Waals surface area contributed by atoms with Gasteiger partial charge in [0.1, 0.15) is 11.4 Å². The molecule has 0 radical (unpaired) electrons. The molecular formula is C12H12N2O2S. The quantitative estimate of drug-likeness (QED) is 0.665. The fraction of sp³-hybridized carbons (Fsp3) is 0.250. The highest BCUT2D eigenvalue weighted by molar-refractivity contribution is 8.00. The molecule has 0 spiro atoms. The zero-order chi connectivity index (χ0) is 12.3. The summed E-state index contributed by atoms with van der Waals surface area (Å²) in [6.45, 7) is 1.88. The lowest BCUT2D eigenvalue weighted by Crippen LogP contribution is -2.06. The van der Waals surface area contributed by atoms with Gasteiger partial charge in [-0.25, -0.2) is 9.97 Å². The number of carboxylic acid groups (broad SMARTS) is 1. The highest BCUT2D eigenvalue weighted by Crippen LogP contribution is 2.28. The van der Waals surface area contributed by atoms with E-state index in [4.69, 9.17) is 5.11 Å². The number of benzene rings is 1. The summed E-state index contributed by atoms with van der Waals surface area (Å²) in [5.41, 5.74) is 0.882. The zero-order valence-electron chi connectivity index (χ0n) is 9.33. The molecule has 4 nitrogen and oxygen atoms in total. The van der Waals surface area contributed by atoms with Crippen molar-refractivity contribution in [3.63, 3.8) is 0 Å². The summed E-state index contributed by atoms with van der Waals surface area (Å²) in [7, 11) is 0. The number of hydrogen-bond donors (Lipinski definition) is 1. The Morgan fingerprint density at radius 2 is 2.18 bits per heavy atom. The smallest absolute Gasteiger partial charge is 0.304 e. The number of carboxylic acids is 1. The Morgan fingerprint density at radius 1 is 1.41 bits per heavy atom. The van der Waals surface area contributed by atoms with E-state index in [0.717, 1.165) is 15.9 Å². The van der Waals surface area contributed by atoms with Gasteiger partial charge in [-0.05, 0) is 6.07 Å². The van der Waals surface area contributed by atoms with E-state index in [0.29, 0.717) is 0 Å². The van der Waals surface area contributed by atoms with Crippen molar-refractivity contribution in [2.24, 2.45) is 0 Å². The molecule has 88 valence electrons. The Kier molecular flexibility index (Phi) is 3.58. The van der Waals surface area contributed by atoms with Crippen molar-refractivity contribution in [3.05, 3.63) is 30.6 Å². The predicted octanol–water partition coefficient (Wildman–Crippen LogP) is 2.59. The summed E-state index contributed by atoms with van der Waals surface area (Å²) in [6.07, 6.45) is 1.64. The van der Waals surface area contributed by atoms with Crippen LogP contribution in [0.25, 0.3) is 10.9 Å². The second-order valence-corrected chi connectivity index (χ2v) is 5.15. The van der Waals surface area contributed by atoms with E-state index < -0.39 is 5.97 Å². The minimum atomic E-state index is -0.789. The van der Waals surface area contributed by atoms with Crippen LogP contribution in [0.1, 0.15) is 13.3 Å². The third-order valence-corrected chi connectivity index (χ3v) is 3.40. The Bertz CT molecular complexity index is 540. The van der Waals surface area contributed by atoms with E-state index in [1.54, 1.807) is 0 Å². The summed E-state index contributed by atoms with van der Waals surface area (Å²) in [6, 6.07) is 7.72. The van der Waals surface area contributed by atoms with Crippen molar-refractivity contribution >= 4 is 28.6 Å². The molecule has 1 aromatic carbocycles. The van der Waals surface area contributed by atoms with Crippen LogP contribution < -0.4 is 0 Å². The minimum absolute atomic E-state index is 0.00851. The van der Waals surface area contributed by atoms with Gasteiger partial charge in [0.25, 0.3) is 0 Å². The summed E-state index contributed by atoms with van der Waals surface area (Å²) < 4.78 is 0. The van der Waals surface area contributed by atoms with Crippen LogP contribution in [-0.4, -0.2) is 26.3 Å². The van der Waals surface area contributed by atoms with Crippen molar-refractivity contribution in [1.29, 1.82) is 0 Å². The molecule has 0 fully saturated rings. The number of hydrogen-bond acceptors (Lipinski definition) is 4. The second kappa shape index (κ2) is 5.14. The van der Waals surface area contributed by atoms with Crippen molar-refractivity contribution in [3.8, 4) is 0 Å². The number of aromatic nitrogens is 2. The Hall–Kier alpha value is -1.62. The van der Waals surface area contributed by atoms with Gasteiger partial charge in [-0.1, -0.05) is 25.1 Å². The molecule has 1 aromatic heterocycles. The summed E-state index contributed by atoms with van der Waals surface area (Å²) in [4.78, 5) is 19.0. The van der Waals surface area contributed by atoms with Gasteiger partial charge in [-0.3, -0.25) is 4.79 Å². The molecular weight excluding hydrogens is 236 g/mol. The molecule has 0 aliphatic carbocycles. The van der Waals surface area contributed by atoms with Gasteiger partial charge in [0.05, 0.1) is 11.9 Å². The lowest BCUT2D eigenvalue weighted by Gasteiger charge is -2.09. The number of para-hydroxylation sites is 1. The second-order valence-electron chi connectivity index (χ2n) is 3.72. The monoisotopic (exact) mass is 248 g/mol. The first-order chi connectivity index (χ1) is 8.16. The van der Waals surface area contributed by atoms with E-state index in [1.165, 1.54) is 18.1 Å². The van der Waals surface area contributed by atoms with Gasteiger partial charge in [0.2, 0.25) is 0 Å². The third-order valence-electron chi connectivity index (χ3n) is 2.28.